The Hall–Kier alpha value is -0.543. The number of likely N-dealkylation sites (tertiary alicyclic amines) is 2. The van der Waals surface area contributed by atoms with Gasteiger partial charge in [-0.15, -0.1) is 0 Å². The smallest absolute Gasteiger partial charge is 0.548 e. The van der Waals surface area contributed by atoms with Crippen LogP contribution in [0.5, 0.6) is 0 Å². The van der Waals surface area contributed by atoms with E-state index in [-0.39, 0.29) is 36.2 Å². The molecule has 0 bridgehead atoms. The minimum absolute atomic E-state index is 0. The summed E-state index contributed by atoms with van der Waals surface area (Å²) in [5, 5.41) is 11.5. The zero-order chi connectivity index (χ0) is 17.9. The summed E-state index contributed by atoms with van der Waals surface area (Å²) in [5.41, 5.74) is 0.0841. The normalized spacial score (nSPS) is 37.8. The molecule has 4 fully saturated rings. The number of likely N-dealkylation sites (N-methyl/N-ethyl adjacent to an activating group) is 1. The number of carbonyl (C=O) groups is 2. The second kappa shape index (κ2) is 7.13. The Morgan fingerprint density at radius 2 is 1.77 bits per heavy atom. The molecule has 1 amide bonds. The summed E-state index contributed by atoms with van der Waals surface area (Å²) in [4.78, 5) is 30.8. The van der Waals surface area contributed by atoms with E-state index in [1.165, 1.54) is 12.8 Å². The van der Waals surface area contributed by atoms with E-state index in [2.05, 4.69) is 21.7 Å². The Bertz CT molecular complexity index is 582. The molecule has 0 aromatic rings. The second-order valence-corrected chi connectivity index (χ2v) is 9.18. The number of carbonyl (C=O) groups excluding carboxylic acids is 2. The molecule has 4 rings (SSSR count). The predicted molar refractivity (Wildman–Crippen MR) is 91.5 cm³/mol. The maximum atomic E-state index is 12.9. The molecule has 3 saturated heterocycles. The molecule has 0 radical (unpaired) electrons. The summed E-state index contributed by atoms with van der Waals surface area (Å²) in [6, 6.07) is 0.0669. The third kappa shape index (κ3) is 3.46. The van der Waals surface area contributed by atoms with Crippen LogP contribution < -0.4 is 24.0 Å². The van der Waals surface area contributed by atoms with E-state index in [0.717, 1.165) is 44.9 Å². The number of hydrogen-bond acceptors (Lipinski definition) is 5. The molecular weight excluding hydrogens is 325 g/mol. The summed E-state index contributed by atoms with van der Waals surface area (Å²) < 4.78 is 0. The first kappa shape index (κ1) is 20.2. The molecule has 0 N–H and O–H groups in total. The molecule has 1 unspecified atom stereocenters. The zero-order valence-corrected chi connectivity index (χ0v) is 16.6. The first-order valence-electron chi connectivity index (χ1n) is 9.79. The van der Waals surface area contributed by atoms with Crippen molar-refractivity contribution in [1.82, 2.24) is 14.7 Å². The first-order valence-corrected chi connectivity index (χ1v) is 9.79. The van der Waals surface area contributed by atoms with Crippen molar-refractivity contribution >= 4 is 11.9 Å². The Labute approximate surface area is 168 Å². The number of rotatable bonds is 5. The van der Waals surface area contributed by atoms with E-state index >= 15 is 0 Å². The van der Waals surface area contributed by atoms with Crippen LogP contribution in [-0.4, -0.2) is 77.9 Å². The van der Waals surface area contributed by atoms with Crippen LogP contribution in [0, 0.1) is 17.3 Å². The van der Waals surface area contributed by atoms with Gasteiger partial charge in [-0.1, -0.05) is 13.8 Å². The number of nitrogens with zero attached hydrogens (tertiary/aromatic N) is 3. The van der Waals surface area contributed by atoms with Gasteiger partial charge in [0.25, 0.3) is 0 Å². The van der Waals surface area contributed by atoms with Gasteiger partial charge in [0.1, 0.15) is 6.04 Å². The van der Waals surface area contributed by atoms with E-state index in [1.54, 1.807) is 0 Å². The third-order valence-electron chi connectivity index (χ3n) is 6.99. The van der Waals surface area contributed by atoms with Gasteiger partial charge in [0, 0.05) is 31.1 Å². The largest absolute Gasteiger partial charge is 1.00 e. The molecule has 140 valence electrons. The summed E-state index contributed by atoms with van der Waals surface area (Å²) in [5.74, 6) is 0.117. The summed E-state index contributed by atoms with van der Waals surface area (Å²) in [6.07, 6.45) is 4.53. The number of carboxylic acids is 1. The van der Waals surface area contributed by atoms with Crippen LogP contribution in [-0.2, 0) is 9.59 Å². The molecule has 26 heavy (non-hydrogen) atoms. The van der Waals surface area contributed by atoms with Crippen LogP contribution in [0.2, 0.25) is 0 Å². The number of carboxylic acid groups (broad SMARTS) is 1. The molecule has 1 spiro atoms. The van der Waals surface area contributed by atoms with Gasteiger partial charge < -0.3 is 14.8 Å². The van der Waals surface area contributed by atoms with Gasteiger partial charge in [-0.25, -0.2) is 0 Å². The van der Waals surface area contributed by atoms with Crippen molar-refractivity contribution in [3.63, 3.8) is 0 Å². The minimum atomic E-state index is -0.968. The molecule has 3 heterocycles. The van der Waals surface area contributed by atoms with Crippen molar-refractivity contribution in [3.8, 4) is 0 Å². The van der Waals surface area contributed by atoms with Crippen molar-refractivity contribution in [3.05, 3.63) is 0 Å². The van der Waals surface area contributed by atoms with Crippen LogP contribution in [0.1, 0.15) is 39.5 Å². The fraction of sp³-hybridized carbons (Fsp3) is 0.895. The first-order chi connectivity index (χ1) is 11.8. The van der Waals surface area contributed by atoms with Crippen LogP contribution in [0.25, 0.3) is 0 Å². The van der Waals surface area contributed by atoms with Crippen LogP contribution in [0.3, 0.4) is 0 Å². The van der Waals surface area contributed by atoms with E-state index in [0.29, 0.717) is 11.9 Å². The number of hydrogen-bond donors (Lipinski definition) is 0. The molecule has 4 aliphatic rings. The Balaban J connectivity index is 0.00000196. The van der Waals surface area contributed by atoms with Crippen molar-refractivity contribution in [1.29, 1.82) is 0 Å². The SMILES string of the molecule is CC(C)[C@@H](C(=O)[O-])N1CC[C@]2(CCN(C(=O)[C@H]3[C@@H](C4CC4)N3C)C2)C1.[Li+]. The molecule has 0 aromatic carbocycles. The summed E-state index contributed by atoms with van der Waals surface area (Å²) in [7, 11) is 2.07. The van der Waals surface area contributed by atoms with Crippen molar-refractivity contribution in [2.45, 2.75) is 57.7 Å². The summed E-state index contributed by atoms with van der Waals surface area (Å²) >= 11 is 0. The monoisotopic (exact) mass is 355 g/mol. The van der Waals surface area contributed by atoms with Gasteiger partial charge >= 0.3 is 18.9 Å². The molecular formula is C19H30LiN3O3. The number of aliphatic carboxylic acids is 1. The van der Waals surface area contributed by atoms with Gasteiger partial charge in [0.15, 0.2) is 0 Å². The van der Waals surface area contributed by atoms with Crippen LogP contribution in [0.4, 0.5) is 0 Å². The molecule has 3 aliphatic heterocycles. The van der Waals surface area contributed by atoms with Crippen molar-refractivity contribution < 1.29 is 33.6 Å². The van der Waals surface area contributed by atoms with E-state index in [1.807, 2.05) is 13.8 Å². The molecule has 5 atom stereocenters. The Morgan fingerprint density at radius 1 is 1.12 bits per heavy atom. The molecule has 1 saturated carbocycles. The Kier molecular flexibility index (Phi) is 5.54. The van der Waals surface area contributed by atoms with Crippen LogP contribution in [0.15, 0.2) is 0 Å². The Morgan fingerprint density at radius 3 is 2.35 bits per heavy atom. The standard InChI is InChI=1S/C19H31N3O3.Li/c1-12(2)14(18(24)25)21-8-6-19(10-21)7-9-22(11-19)17(23)16-15(20(16)3)13-4-5-13;/h12-16H,4-11H2,1-3H3,(H,24,25);/q;+1/p-1/t14-,15+,16+,19-,20?;/m0./s1. The van der Waals surface area contributed by atoms with Gasteiger partial charge in [-0.3, -0.25) is 14.6 Å². The van der Waals surface area contributed by atoms with Gasteiger partial charge in [-0.05, 0) is 51.1 Å². The predicted octanol–water partition coefficient (Wildman–Crippen LogP) is -3.22. The average molecular weight is 355 g/mol. The van der Waals surface area contributed by atoms with Crippen molar-refractivity contribution in [2.75, 3.05) is 33.2 Å². The maximum Gasteiger partial charge on any atom is 1.00 e. The zero-order valence-electron chi connectivity index (χ0n) is 16.6. The molecule has 7 heteroatoms. The molecule has 6 nitrogen and oxygen atoms in total. The van der Waals surface area contributed by atoms with Crippen LogP contribution >= 0.6 is 0 Å². The van der Waals surface area contributed by atoms with E-state index < -0.39 is 12.0 Å². The summed E-state index contributed by atoms with van der Waals surface area (Å²) in [6.45, 7) is 7.08. The molecule has 1 aliphatic carbocycles. The van der Waals surface area contributed by atoms with Gasteiger partial charge in [-0.2, -0.15) is 0 Å². The van der Waals surface area contributed by atoms with E-state index in [9.17, 15) is 14.7 Å². The minimum Gasteiger partial charge on any atom is -0.548 e. The second-order valence-electron chi connectivity index (χ2n) is 9.18. The van der Waals surface area contributed by atoms with Gasteiger partial charge in [0.2, 0.25) is 5.91 Å². The van der Waals surface area contributed by atoms with Crippen molar-refractivity contribution in [2.24, 2.45) is 17.3 Å². The van der Waals surface area contributed by atoms with Gasteiger partial charge in [0.05, 0.1) is 12.0 Å². The van der Waals surface area contributed by atoms with E-state index in [4.69, 9.17) is 0 Å². The fourth-order valence-electron chi connectivity index (χ4n) is 5.40. The number of amides is 1. The fourth-order valence-corrected chi connectivity index (χ4v) is 5.40. The molecule has 0 aromatic heterocycles. The third-order valence-corrected chi connectivity index (χ3v) is 6.99. The maximum absolute atomic E-state index is 12.9. The average Bonchev–Trinajstić information content (AvgIpc) is 3.39. The topological polar surface area (TPSA) is 66.7 Å². The quantitative estimate of drug-likeness (QED) is 0.384.